The minimum Gasteiger partial charge on any atom is -0.480 e. The van der Waals surface area contributed by atoms with Crippen molar-refractivity contribution in [3.05, 3.63) is 21.9 Å². The highest BCUT2D eigenvalue weighted by atomic mass is 32.1. The van der Waals surface area contributed by atoms with Gasteiger partial charge in [-0.1, -0.05) is 0 Å². The fourth-order valence-electron chi connectivity index (χ4n) is 3.13. The molecule has 1 unspecified atom stereocenters. The lowest BCUT2D eigenvalue weighted by Crippen LogP contribution is -2.47. The third-order valence-corrected chi connectivity index (χ3v) is 5.14. The number of urea groups is 1. The summed E-state index contributed by atoms with van der Waals surface area (Å²) in [6.07, 6.45) is 4.40. The molecule has 20 heavy (non-hydrogen) atoms. The molecule has 5 nitrogen and oxygen atoms in total. The van der Waals surface area contributed by atoms with E-state index in [1.54, 1.807) is 11.3 Å². The van der Waals surface area contributed by atoms with Gasteiger partial charge in [0.15, 0.2) is 0 Å². The van der Waals surface area contributed by atoms with Crippen molar-refractivity contribution in [3.8, 4) is 0 Å². The summed E-state index contributed by atoms with van der Waals surface area (Å²) in [4.78, 5) is 26.3. The minimum atomic E-state index is -0.905. The number of hydrogen-bond acceptors (Lipinski definition) is 3. The van der Waals surface area contributed by atoms with Crippen LogP contribution in [0.3, 0.4) is 0 Å². The quantitative estimate of drug-likeness (QED) is 0.880. The van der Waals surface area contributed by atoms with Gasteiger partial charge in [-0.2, -0.15) is 0 Å². The molecule has 1 aliphatic carbocycles. The van der Waals surface area contributed by atoms with Crippen molar-refractivity contribution in [3.63, 3.8) is 0 Å². The Kier molecular flexibility index (Phi) is 3.65. The van der Waals surface area contributed by atoms with Crippen molar-refractivity contribution in [2.45, 2.75) is 44.2 Å². The van der Waals surface area contributed by atoms with Gasteiger partial charge < -0.3 is 15.3 Å². The summed E-state index contributed by atoms with van der Waals surface area (Å²) in [7, 11) is 0. The first kappa shape index (κ1) is 13.4. The number of aryl methyl sites for hydroxylation is 1. The molecular formula is C14H18N2O3S. The van der Waals surface area contributed by atoms with Crippen LogP contribution in [0.2, 0.25) is 0 Å². The molecule has 2 amide bonds. The second-order valence-corrected chi connectivity index (χ2v) is 6.38. The Hall–Kier alpha value is -1.56. The Morgan fingerprint density at radius 2 is 2.20 bits per heavy atom. The van der Waals surface area contributed by atoms with Crippen molar-refractivity contribution in [1.82, 2.24) is 10.2 Å². The van der Waals surface area contributed by atoms with Crippen LogP contribution in [0.25, 0.3) is 0 Å². The van der Waals surface area contributed by atoms with Gasteiger partial charge >= 0.3 is 12.0 Å². The summed E-state index contributed by atoms with van der Waals surface area (Å²) in [5.74, 6) is -0.905. The fraction of sp³-hybridized carbons (Fsp3) is 0.571. The molecule has 0 radical (unpaired) electrons. The number of carbonyl (C=O) groups is 2. The zero-order chi connectivity index (χ0) is 14.1. The van der Waals surface area contributed by atoms with Crippen LogP contribution in [0.15, 0.2) is 11.4 Å². The van der Waals surface area contributed by atoms with E-state index in [1.807, 2.05) is 0 Å². The summed E-state index contributed by atoms with van der Waals surface area (Å²) >= 11 is 1.73. The molecule has 0 bridgehead atoms. The molecule has 0 aromatic carbocycles. The molecule has 0 spiro atoms. The predicted octanol–water partition coefficient (Wildman–Crippen LogP) is 2.38. The van der Waals surface area contributed by atoms with Crippen LogP contribution < -0.4 is 5.32 Å². The van der Waals surface area contributed by atoms with Gasteiger partial charge in [-0.15, -0.1) is 11.3 Å². The van der Waals surface area contributed by atoms with E-state index in [0.717, 1.165) is 25.7 Å². The third-order valence-electron chi connectivity index (χ3n) is 4.15. The van der Waals surface area contributed by atoms with Crippen LogP contribution in [0.5, 0.6) is 0 Å². The van der Waals surface area contributed by atoms with Gasteiger partial charge in [0, 0.05) is 11.4 Å². The smallest absolute Gasteiger partial charge is 0.326 e. The highest BCUT2D eigenvalue weighted by molar-refractivity contribution is 7.10. The Balaban J connectivity index is 1.70. The molecule has 3 rings (SSSR count). The number of carbonyl (C=O) groups excluding carboxylic acids is 1. The third kappa shape index (κ3) is 2.40. The molecule has 2 atom stereocenters. The van der Waals surface area contributed by atoms with Crippen LogP contribution in [-0.4, -0.2) is 34.6 Å². The van der Waals surface area contributed by atoms with Crippen molar-refractivity contribution in [2.24, 2.45) is 0 Å². The zero-order valence-electron chi connectivity index (χ0n) is 11.2. The van der Waals surface area contributed by atoms with Crippen LogP contribution >= 0.6 is 11.3 Å². The highest BCUT2D eigenvalue weighted by Gasteiger charge is 2.35. The maximum absolute atomic E-state index is 12.3. The monoisotopic (exact) mass is 294 g/mol. The van der Waals surface area contributed by atoms with Crippen LogP contribution in [0, 0.1) is 0 Å². The molecule has 1 aromatic heterocycles. The predicted molar refractivity (Wildman–Crippen MR) is 75.9 cm³/mol. The molecule has 6 heteroatoms. The molecule has 1 saturated heterocycles. The van der Waals surface area contributed by atoms with Gasteiger partial charge in [0.25, 0.3) is 0 Å². The number of nitrogens with zero attached hydrogens (tertiary/aromatic N) is 1. The van der Waals surface area contributed by atoms with E-state index in [2.05, 4.69) is 16.8 Å². The summed E-state index contributed by atoms with van der Waals surface area (Å²) in [5.41, 5.74) is 1.21. The van der Waals surface area contributed by atoms with Crippen LogP contribution in [-0.2, 0) is 11.2 Å². The zero-order valence-corrected chi connectivity index (χ0v) is 12.0. The lowest BCUT2D eigenvalue weighted by Gasteiger charge is -2.28. The summed E-state index contributed by atoms with van der Waals surface area (Å²) in [5, 5.41) is 14.2. The number of amides is 2. The second-order valence-electron chi connectivity index (χ2n) is 5.38. The van der Waals surface area contributed by atoms with Crippen molar-refractivity contribution < 1.29 is 14.7 Å². The van der Waals surface area contributed by atoms with Crippen molar-refractivity contribution in [1.29, 1.82) is 0 Å². The summed E-state index contributed by atoms with van der Waals surface area (Å²) < 4.78 is 0. The summed E-state index contributed by atoms with van der Waals surface area (Å²) in [6, 6.07) is 1.20. The van der Waals surface area contributed by atoms with E-state index < -0.39 is 12.0 Å². The van der Waals surface area contributed by atoms with E-state index in [9.17, 15) is 9.59 Å². The fourth-order valence-corrected chi connectivity index (χ4v) is 4.12. The van der Waals surface area contributed by atoms with Gasteiger partial charge in [0.2, 0.25) is 0 Å². The molecule has 2 aliphatic rings. The highest BCUT2D eigenvalue weighted by Crippen LogP contribution is 2.33. The average Bonchev–Trinajstić information content (AvgIpc) is 3.08. The van der Waals surface area contributed by atoms with Gasteiger partial charge in [-0.25, -0.2) is 9.59 Å². The molecule has 0 saturated carbocycles. The molecule has 1 fully saturated rings. The van der Waals surface area contributed by atoms with Gasteiger partial charge in [-0.3, -0.25) is 0 Å². The average molecular weight is 294 g/mol. The van der Waals surface area contributed by atoms with E-state index in [4.69, 9.17) is 5.11 Å². The van der Waals surface area contributed by atoms with Crippen LogP contribution in [0.1, 0.15) is 42.2 Å². The topological polar surface area (TPSA) is 69.6 Å². The summed E-state index contributed by atoms with van der Waals surface area (Å²) in [6.45, 7) is 0.534. The Morgan fingerprint density at radius 3 is 3.00 bits per heavy atom. The van der Waals surface area contributed by atoms with E-state index in [-0.39, 0.29) is 12.1 Å². The van der Waals surface area contributed by atoms with Gasteiger partial charge in [0.1, 0.15) is 6.04 Å². The molecule has 2 heterocycles. The van der Waals surface area contributed by atoms with E-state index >= 15 is 0 Å². The number of carboxylic acids is 1. The van der Waals surface area contributed by atoms with Crippen molar-refractivity contribution >= 4 is 23.3 Å². The Labute approximate surface area is 121 Å². The van der Waals surface area contributed by atoms with Gasteiger partial charge in [-0.05, 0) is 49.1 Å². The molecular weight excluding hydrogens is 276 g/mol. The van der Waals surface area contributed by atoms with Crippen molar-refractivity contribution in [2.75, 3.05) is 6.54 Å². The molecule has 1 aliphatic heterocycles. The number of fused-ring (bicyclic) bond motifs is 1. The number of likely N-dealkylation sites (tertiary alicyclic amines) is 1. The first-order valence-corrected chi connectivity index (χ1v) is 7.91. The number of hydrogen-bond donors (Lipinski definition) is 2. The lowest BCUT2D eigenvalue weighted by molar-refractivity contribution is -0.141. The standard InChI is InChI=1S/C14H18N2O3S/c17-13(18)11-4-2-7-16(11)14(19)15-10-3-1-5-12-9(10)6-8-20-12/h6,8,10-11H,1-5,7H2,(H,15,19)(H,17,18)/t10?,11-/m0/s1. The number of nitrogens with one attached hydrogen (secondary N) is 1. The number of aliphatic carboxylic acids is 1. The van der Waals surface area contributed by atoms with Gasteiger partial charge in [0.05, 0.1) is 6.04 Å². The number of thiophene rings is 1. The SMILES string of the molecule is O=C(O)[C@@H]1CCCN1C(=O)NC1CCCc2sccc21. The molecule has 1 aromatic rings. The van der Waals surface area contributed by atoms with E-state index in [1.165, 1.54) is 15.3 Å². The first-order valence-electron chi connectivity index (χ1n) is 7.03. The Bertz CT molecular complexity index is 528. The normalized spacial score (nSPS) is 25.3. The molecule has 2 N–H and O–H groups in total. The van der Waals surface area contributed by atoms with Crippen LogP contribution in [0.4, 0.5) is 4.79 Å². The first-order chi connectivity index (χ1) is 9.66. The number of carboxylic acid groups (broad SMARTS) is 1. The Morgan fingerprint density at radius 1 is 1.35 bits per heavy atom. The number of rotatable bonds is 2. The lowest BCUT2D eigenvalue weighted by atomic mass is 9.94. The largest absolute Gasteiger partial charge is 0.480 e. The molecule has 108 valence electrons. The second kappa shape index (κ2) is 5.44. The minimum absolute atomic E-state index is 0.0348. The van der Waals surface area contributed by atoms with E-state index in [0.29, 0.717) is 13.0 Å². The maximum atomic E-state index is 12.3. The maximum Gasteiger partial charge on any atom is 0.326 e.